The van der Waals surface area contributed by atoms with Crippen molar-refractivity contribution in [2.24, 2.45) is 5.92 Å². The Labute approximate surface area is 201 Å². The predicted octanol–water partition coefficient (Wildman–Crippen LogP) is 1.93. The van der Waals surface area contributed by atoms with E-state index in [4.69, 9.17) is 4.52 Å². The Balaban J connectivity index is 2.07. The van der Waals surface area contributed by atoms with Crippen LogP contribution in [0.4, 0.5) is 0 Å². The monoisotopic (exact) mass is 477 g/mol. The van der Waals surface area contributed by atoms with E-state index in [1.807, 2.05) is 20.8 Å². The molecule has 10 nitrogen and oxygen atoms in total. The van der Waals surface area contributed by atoms with Crippen LogP contribution in [0, 0.1) is 12.8 Å². The average molecular weight is 478 g/mol. The SMILES string of the molecule is CNC(=O)CCCCCC[C@H](NC(=O)c1cc(C)no1)C(=O)N1CC[C@H](C)C1C(=O)NC(C)C. The number of hydrogen-bond acceptors (Lipinski definition) is 6. The molecule has 3 N–H and O–H groups in total. The quantitative estimate of drug-likeness (QED) is 0.394. The lowest BCUT2D eigenvalue weighted by atomic mass is 10.0. The summed E-state index contributed by atoms with van der Waals surface area (Å²) in [4.78, 5) is 52.0. The second-order valence-electron chi connectivity index (χ2n) is 9.39. The Bertz CT molecular complexity index is 853. The summed E-state index contributed by atoms with van der Waals surface area (Å²) in [5.41, 5.74) is 0.572. The lowest BCUT2D eigenvalue weighted by Crippen LogP contribution is -2.55. The first-order valence-electron chi connectivity index (χ1n) is 12.2. The van der Waals surface area contributed by atoms with Crippen molar-refractivity contribution >= 4 is 23.6 Å². The number of carbonyl (C=O) groups is 4. The zero-order chi connectivity index (χ0) is 25.3. The van der Waals surface area contributed by atoms with E-state index in [2.05, 4.69) is 21.1 Å². The van der Waals surface area contributed by atoms with Crippen molar-refractivity contribution < 1.29 is 23.7 Å². The number of aromatic nitrogens is 1. The van der Waals surface area contributed by atoms with E-state index in [0.717, 1.165) is 25.7 Å². The zero-order valence-electron chi connectivity index (χ0n) is 21.0. The second kappa shape index (κ2) is 13.1. The highest BCUT2D eigenvalue weighted by Gasteiger charge is 2.42. The first-order valence-corrected chi connectivity index (χ1v) is 12.2. The lowest BCUT2D eigenvalue weighted by Gasteiger charge is -2.30. The van der Waals surface area contributed by atoms with Gasteiger partial charge in [-0.1, -0.05) is 31.3 Å². The largest absolute Gasteiger partial charge is 0.359 e. The number of carbonyl (C=O) groups excluding carboxylic acids is 4. The number of amides is 4. The van der Waals surface area contributed by atoms with Gasteiger partial charge in [-0.25, -0.2) is 0 Å². The van der Waals surface area contributed by atoms with Crippen LogP contribution in [0.25, 0.3) is 0 Å². The van der Waals surface area contributed by atoms with Crippen LogP contribution in [0.2, 0.25) is 0 Å². The average Bonchev–Trinajstić information content (AvgIpc) is 3.39. The second-order valence-corrected chi connectivity index (χ2v) is 9.39. The fraction of sp³-hybridized carbons (Fsp3) is 0.708. The van der Waals surface area contributed by atoms with Gasteiger partial charge in [0.2, 0.25) is 23.5 Å². The summed E-state index contributed by atoms with van der Waals surface area (Å²) in [6.45, 7) is 7.92. The van der Waals surface area contributed by atoms with Crippen LogP contribution in [-0.4, -0.2) is 65.4 Å². The summed E-state index contributed by atoms with van der Waals surface area (Å²) in [7, 11) is 1.62. The highest BCUT2D eigenvalue weighted by molar-refractivity contribution is 5.97. The fourth-order valence-electron chi connectivity index (χ4n) is 4.23. The molecule has 1 aromatic rings. The Kier molecular flexibility index (Phi) is 10.5. The van der Waals surface area contributed by atoms with Gasteiger partial charge < -0.3 is 25.4 Å². The van der Waals surface area contributed by atoms with Crippen molar-refractivity contribution in [1.82, 2.24) is 26.0 Å². The molecule has 2 heterocycles. The standard InChI is InChI=1S/C24H39N5O5/c1-15(2)26-23(32)21-16(3)12-13-29(21)24(33)18(10-8-6-7-9-11-20(30)25-5)27-22(31)19-14-17(4)28-34-19/h14-16,18,21H,6-13H2,1-5H3,(H,25,30)(H,26,32)(H,27,31)/t16-,18-,21?/m0/s1. The minimum atomic E-state index is -0.781. The molecule has 10 heteroatoms. The van der Waals surface area contributed by atoms with Crippen LogP contribution in [0.5, 0.6) is 0 Å². The molecule has 0 spiro atoms. The summed E-state index contributed by atoms with van der Waals surface area (Å²) in [5, 5.41) is 12.1. The van der Waals surface area contributed by atoms with Gasteiger partial charge in [-0.2, -0.15) is 0 Å². The molecule has 0 radical (unpaired) electrons. The number of hydrogen-bond donors (Lipinski definition) is 3. The molecule has 1 aromatic heterocycles. The maximum atomic E-state index is 13.5. The van der Waals surface area contributed by atoms with Gasteiger partial charge in [0.25, 0.3) is 5.91 Å². The molecule has 0 saturated carbocycles. The van der Waals surface area contributed by atoms with Gasteiger partial charge >= 0.3 is 0 Å². The molecular formula is C24H39N5O5. The topological polar surface area (TPSA) is 134 Å². The van der Waals surface area contributed by atoms with E-state index in [9.17, 15) is 19.2 Å². The number of nitrogens with zero attached hydrogens (tertiary/aromatic N) is 2. The van der Waals surface area contributed by atoms with E-state index >= 15 is 0 Å². The summed E-state index contributed by atoms with van der Waals surface area (Å²) < 4.78 is 5.05. The Morgan fingerprint density at radius 2 is 1.85 bits per heavy atom. The van der Waals surface area contributed by atoms with E-state index in [0.29, 0.717) is 31.5 Å². The number of likely N-dealkylation sites (tertiary alicyclic amines) is 1. The maximum Gasteiger partial charge on any atom is 0.290 e. The summed E-state index contributed by atoms with van der Waals surface area (Å²) in [5.74, 6) is -0.849. The number of rotatable bonds is 12. The lowest BCUT2D eigenvalue weighted by molar-refractivity contribution is -0.141. The van der Waals surface area contributed by atoms with Gasteiger partial charge in [0, 0.05) is 32.1 Å². The highest BCUT2D eigenvalue weighted by Crippen LogP contribution is 2.26. The molecule has 0 bridgehead atoms. The summed E-state index contributed by atoms with van der Waals surface area (Å²) >= 11 is 0. The molecule has 1 aliphatic heterocycles. The molecule has 1 unspecified atom stereocenters. The van der Waals surface area contributed by atoms with Gasteiger partial charge in [-0.05, 0) is 46.0 Å². The first-order chi connectivity index (χ1) is 16.1. The van der Waals surface area contributed by atoms with Crippen LogP contribution < -0.4 is 16.0 Å². The molecular weight excluding hydrogens is 438 g/mol. The molecule has 3 atom stereocenters. The molecule has 1 aliphatic rings. The van der Waals surface area contributed by atoms with E-state index in [1.165, 1.54) is 6.07 Å². The third-order valence-electron chi connectivity index (χ3n) is 6.06. The smallest absolute Gasteiger partial charge is 0.290 e. The molecule has 34 heavy (non-hydrogen) atoms. The third-order valence-corrected chi connectivity index (χ3v) is 6.06. The first kappa shape index (κ1) is 27.3. The van der Waals surface area contributed by atoms with Gasteiger partial charge in [0.05, 0.1) is 5.69 Å². The van der Waals surface area contributed by atoms with Gasteiger partial charge in [-0.15, -0.1) is 0 Å². The summed E-state index contributed by atoms with van der Waals surface area (Å²) in [6, 6.07) is 0.148. The third kappa shape index (κ3) is 7.85. The molecule has 1 saturated heterocycles. The Morgan fingerprint density at radius 3 is 2.47 bits per heavy atom. The van der Waals surface area contributed by atoms with Crippen molar-refractivity contribution in [2.45, 2.75) is 90.8 Å². The van der Waals surface area contributed by atoms with Crippen molar-refractivity contribution in [3.05, 3.63) is 17.5 Å². The maximum absolute atomic E-state index is 13.5. The van der Waals surface area contributed by atoms with Crippen molar-refractivity contribution in [1.29, 1.82) is 0 Å². The fourth-order valence-corrected chi connectivity index (χ4v) is 4.23. The molecule has 0 aromatic carbocycles. The number of unbranched alkanes of at least 4 members (excludes halogenated alkanes) is 3. The van der Waals surface area contributed by atoms with Crippen LogP contribution in [0.15, 0.2) is 10.6 Å². The van der Waals surface area contributed by atoms with Crippen LogP contribution in [-0.2, 0) is 14.4 Å². The van der Waals surface area contributed by atoms with E-state index in [1.54, 1.807) is 18.9 Å². The minimum Gasteiger partial charge on any atom is -0.359 e. The Morgan fingerprint density at radius 1 is 1.15 bits per heavy atom. The molecule has 2 rings (SSSR count). The number of nitrogens with one attached hydrogen (secondary N) is 3. The van der Waals surface area contributed by atoms with Crippen molar-refractivity contribution in [2.75, 3.05) is 13.6 Å². The van der Waals surface area contributed by atoms with E-state index in [-0.39, 0.29) is 35.4 Å². The summed E-state index contributed by atoms with van der Waals surface area (Å²) in [6.07, 6.45) is 4.77. The van der Waals surface area contributed by atoms with Gasteiger partial charge in [0.1, 0.15) is 12.1 Å². The molecule has 0 aliphatic carbocycles. The van der Waals surface area contributed by atoms with Crippen molar-refractivity contribution in [3.63, 3.8) is 0 Å². The molecule has 1 fully saturated rings. The van der Waals surface area contributed by atoms with Crippen LogP contribution >= 0.6 is 0 Å². The molecule has 190 valence electrons. The zero-order valence-corrected chi connectivity index (χ0v) is 21.0. The van der Waals surface area contributed by atoms with E-state index < -0.39 is 18.0 Å². The normalized spacial score (nSPS) is 18.6. The minimum absolute atomic E-state index is 0.0107. The Hall–Kier alpha value is -2.91. The van der Waals surface area contributed by atoms with Crippen LogP contribution in [0.1, 0.15) is 82.0 Å². The van der Waals surface area contributed by atoms with Gasteiger partial charge in [0.15, 0.2) is 0 Å². The molecule has 4 amide bonds. The predicted molar refractivity (Wildman–Crippen MR) is 127 cm³/mol. The van der Waals surface area contributed by atoms with Gasteiger partial charge in [-0.3, -0.25) is 19.2 Å². The number of aryl methyl sites for hydroxylation is 1. The highest BCUT2D eigenvalue weighted by atomic mass is 16.5. The van der Waals surface area contributed by atoms with Crippen molar-refractivity contribution in [3.8, 4) is 0 Å². The van der Waals surface area contributed by atoms with Crippen LogP contribution in [0.3, 0.4) is 0 Å².